The van der Waals surface area contributed by atoms with Crippen molar-refractivity contribution in [1.29, 1.82) is 0 Å². The van der Waals surface area contributed by atoms with Crippen LogP contribution in [0.15, 0.2) is 127 Å². The third kappa shape index (κ3) is 2.67. The molecule has 0 fully saturated rings. The van der Waals surface area contributed by atoms with E-state index in [-0.39, 0.29) is 0 Å². The van der Waals surface area contributed by atoms with E-state index in [0.29, 0.717) is 0 Å². The zero-order chi connectivity index (χ0) is 23.6. The summed E-state index contributed by atoms with van der Waals surface area (Å²) in [6.45, 7) is 0. The van der Waals surface area contributed by atoms with Gasteiger partial charge in [-0.3, -0.25) is 0 Å². The topological polar surface area (TPSA) is 14.2 Å². The van der Waals surface area contributed by atoms with E-state index in [1.165, 1.54) is 49.3 Å². The van der Waals surface area contributed by atoms with Crippen molar-refractivity contribution in [1.82, 2.24) is 4.57 Å². The van der Waals surface area contributed by atoms with Crippen LogP contribution < -0.4 is 4.74 Å². The Morgan fingerprint density at radius 1 is 0.417 bits per heavy atom. The molecule has 1 aromatic heterocycles. The zero-order valence-electron chi connectivity index (χ0n) is 19.5. The molecule has 0 bridgehead atoms. The van der Waals surface area contributed by atoms with Crippen LogP contribution in [0, 0.1) is 0 Å². The van der Waals surface area contributed by atoms with Gasteiger partial charge in [-0.1, -0.05) is 91.0 Å². The minimum atomic E-state index is 0.917. The fourth-order valence-corrected chi connectivity index (χ4v) is 5.82. The summed E-state index contributed by atoms with van der Waals surface area (Å²) in [4.78, 5) is 0. The molecule has 0 saturated carbocycles. The van der Waals surface area contributed by atoms with Crippen molar-refractivity contribution < 1.29 is 4.74 Å². The maximum absolute atomic E-state index is 6.29. The van der Waals surface area contributed by atoms with Gasteiger partial charge in [0.2, 0.25) is 0 Å². The predicted molar refractivity (Wildman–Crippen MR) is 149 cm³/mol. The molecule has 1 aliphatic heterocycles. The van der Waals surface area contributed by atoms with Crippen LogP contribution in [0.1, 0.15) is 0 Å². The Labute approximate surface area is 208 Å². The van der Waals surface area contributed by atoms with Crippen LogP contribution in [0.25, 0.3) is 60.5 Å². The fraction of sp³-hybridized carbons (Fsp3) is 0. The van der Waals surface area contributed by atoms with Crippen molar-refractivity contribution in [3.63, 3.8) is 0 Å². The quantitative estimate of drug-likeness (QED) is 0.251. The lowest BCUT2D eigenvalue weighted by atomic mass is 9.90. The van der Waals surface area contributed by atoms with Crippen molar-refractivity contribution >= 4 is 32.6 Å². The van der Waals surface area contributed by atoms with Crippen LogP contribution in [0.5, 0.6) is 11.5 Å². The number of hydrogen-bond donors (Lipinski definition) is 0. The van der Waals surface area contributed by atoms with Gasteiger partial charge in [-0.2, -0.15) is 0 Å². The molecule has 168 valence electrons. The van der Waals surface area contributed by atoms with Crippen molar-refractivity contribution in [3.8, 4) is 39.4 Å². The van der Waals surface area contributed by atoms with Gasteiger partial charge in [0, 0.05) is 27.4 Å². The first kappa shape index (κ1) is 19.5. The van der Waals surface area contributed by atoms with E-state index in [4.69, 9.17) is 4.74 Å². The summed E-state index contributed by atoms with van der Waals surface area (Å²) in [5.74, 6) is 1.84. The second-order valence-corrected chi connectivity index (χ2v) is 9.35. The summed E-state index contributed by atoms with van der Waals surface area (Å²) >= 11 is 0. The van der Waals surface area contributed by atoms with E-state index in [1.54, 1.807) is 0 Å². The Morgan fingerprint density at radius 2 is 1.06 bits per heavy atom. The van der Waals surface area contributed by atoms with Gasteiger partial charge in [-0.25, -0.2) is 0 Å². The number of hydrogen-bond acceptors (Lipinski definition) is 1. The van der Waals surface area contributed by atoms with Gasteiger partial charge >= 0.3 is 0 Å². The summed E-state index contributed by atoms with van der Waals surface area (Å²) < 4.78 is 8.64. The average Bonchev–Trinajstić information content (AvgIpc) is 3.28. The largest absolute Gasteiger partial charge is 0.456 e. The lowest BCUT2D eigenvalue weighted by Gasteiger charge is -2.22. The molecule has 7 aromatic rings. The first-order valence-electron chi connectivity index (χ1n) is 12.3. The molecule has 8 rings (SSSR count). The van der Waals surface area contributed by atoms with Crippen molar-refractivity contribution in [3.05, 3.63) is 127 Å². The average molecular weight is 460 g/mol. The van der Waals surface area contributed by atoms with E-state index in [1.807, 2.05) is 12.1 Å². The van der Waals surface area contributed by atoms with Crippen molar-refractivity contribution in [2.24, 2.45) is 0 Å². The van der Waals surface area contributed by atoms with E-state index in [0.717, 1.165) is 22.7 Å². The monoisotopic (exact) mass is 459 g/mol. The summed E-state index contributed by atoms with van der Waals surface area (Å²) in [5, 5.41) is 4.95. The highest BCUT2D eigenvalue weighted by Gasteiger charge is 2.21. The lowest BCUT2D eigenvalue weighted by molar-refractivity contribution is 0.487. The van der Waals surface area contributed by atoms with Gasteiger partial charge in [-0.15, -0.1) is 0 Å². The fourth-order valence-electron chi connectivity index (χ4n) is 5.82. The Balaban J connectivity index is 1.30. The van der Waals surface area contributed by atoms with Gasteiger partial charge < -0.3 is 9.30 Å². The standard InChI is InChI=1S/C34H21NO/c1-4-13-30-25(8-1)26-9-2-5-14-31(26)35(30)23-18-16-22(17-19-23)24-20-21-33-34-28(24)11-7-12-29(34)27-10-3-6-15-32(27)36-33/h1-21H. The van der Waals surface area contributed by atoms with E-state index in [2.05, 4.69) is 120 Å². The van der Waals surface area contributed by atoms with Gasteiger partial charge in [0.05, 0.1) is 11.0 Å². The lowest BCUT2D eigenvalue weighted by Crippen LogP contribution is -1.97. The van der Waals surface area contributed by atoms with E-state index < -0.39 is 0 Å². The number of ether oxygens (including phenoxy) is 1. The zero-order valence-corrected chi connectivity index (χ0v) is 19.5. The highest BCUT2D eigenvalue weighted by atomic mass is 16.5. The molecular weight excluding hydrogens is 438 g/mol. The molecule has 0 amide bonds. The molecule has 0 aliphatic carbocycles. The number of rotatable bonds is 2. The molecule has 2 heteroatoms. The Hall–Kier alpha value is -4.82. The maximum atomic E-state index is 6.29. The minimum Gasteiger partial charge on any atom is -0.456 e. The Morgan fingerprint density at radius 3 is 1.83 bits per heavy atom. The third-order valence-corrected chi connectivity index (χ3v) is 7.42. The van der Waals surface area contributed by atoms with E-state index in [9.17, 15) is 0 Å². The highest BCUT2D eigenvalue weighted by molar-refractivity contribution is 6.11. The highest BCUT2D eigenvalue weighted by Crippen LogP contribution is 2.48. The molecular formula is C34H21NO. The first-order chi connectivity index (χ1) is 17.9. The Kier molecular flexibility index (Phi) is 3.97. The molecule has 0 spiro atoms. The SMILES string of the molecule is c1ccc2c(c1)Oc1ccc(-c3ccc(-n4c5ccccc5c5ccccc54)cc3)c3cccc-2c13. The molecule has 0 atom stereocenters. The number of fused-ring (bicyclic) bond motifs is 5. The van der Waals surface area contributed by atoms with Gasteiger partial charge in [0.1, 0.15) is 11.5 Å². The maximum Gasteiger partial charge on any atom is 0.135 e. The number of nitrogens with zero attached hydrogens (tertiary/aromatic N) is 1. The summed E-state index contributed by atoms with van der Waals surface area (Å²) in [5.41, 5.74) is 8.40. The molecule has 0 N–H and O–H groups in total. The normalized spacial score (nSPS) is 12.1. The van der Waals surface area contributed by atoms with Crippen molar-refractivity contribution in [2.75, 3.05) is 0 Å². The first-order valence-corrected chi connectivity index (χ1v) is 12.3. The number of benzene rings is 6. The summed E-state index contributed by atoms with van der Waals surface area (Å²) in [6.07, 6.45) is 0. The number of para-hydroxylation sites is 3. The van der Waals surface area contributed by atoms with Gasteiger partial charge in [-0.05, 0) is 58.5 Å². The smallest absolute Gasteiger partial charge is 0.135 e. The summed E-state index contributed by atoms with van der Waals surface area (Å²) in [6, 6.07) is 45.3. The number of aromatic nitrogens is 1. The van der Waals surface area contributed by atoms with Crippen LogP contribution in [0.2, 0.25) is 0 Å². The molecule has 2 nitrogen and oxygen atoms in total. The molecule has 2 heterocycles. The third-order valence-electron chi connectivity index (χ3n) is 7.42. The molecule has 0 radical (unpaired) electrons. The second-order valence-electron chi connectivity index (χ2n) is 9.35. The van der Waals surface area contributed by atoms with Gasteiger partial charge in [0.15, 0.2) is 0 Å². The van der Waals surface area contributed by atoms with Crippen LogP contribution in [-0.2, 0) is 0 Å². The van der Waals surface area contributed by atoms with Crippen LogP contribution in [0.4, 0.5) is 0 Å². The molecule has 0 saturated heterocycles. The molecule has 36 heavy (non-hydrogen) atoms. The second kappa shape index (κ2) is 7.34. The molecule has 0 unspecified atom stereocenters. The van der Waals surface area contributed by atoms with Gasteiger partial charge in [0.25, 0.3) is 0 Å². The molecule has 1 aliphatic rings. The van der Waals surface area contributed by atoms with Crippen LogP contribution in [0.3, 0.4) is 0 Å². The summed E-state index contributed by atoms with van der Waals surface area (Å²) in [7, 11) is 0. The van der Waals surface area contributed by atoms with Crippen LogP contribution in [-0.4, -0.2) is 4.57 Å². The van der Waals surface area contributed by atoms with Crippen molar-refractivity contribution in [2.45, 2.75) is 0 Å². The molecule has 6 aromatic carbocycles. The predicted octanol–water partition coefficient (Wildman–Crippen LogP) is 9.38. The Bertz CT molecular complexity index is 1910. The van der Waals surface area contributed by atoms with E-state index >= 15 is 0 Å². The minimum absolute atomic E-state index is 0.917. The van der Waals surface area contributed by atoms with Crippen LogP contribution >= 0.6 is 0 Å².